The lowest BCUT2D eigenvalue weighted by Gasteiger charge is -2.10. The van der Waals surface area contributed by atoms with E-state index in [4.69, 9.17) is 9.47 Å². The number of nitrogens with zero attached hydrogens (tertiary/aromatic N) is 1. The minimum Gasteiger partial charge on any atom is -0.493 e. The van der Waals surface area contributed by atoms with E-state index in [-0.39, 0.29) is 0 Å². The monoisotopic (exact) mass is 409 g/mol. The van der Waals surface area contributed by atoms with E-state index in [1.54, 1.807) is 42.6 Å². The Hall–Kier alpha value is -2.92. The van der Waals surface area contributed by atoms with Crippen LogP contribution in [0.2, 0.25) is 0 Å². The van der Waals surface area contributed by atoms with Crippen LogP contribution in [0.4, 0.5) is 5.69 Å². The van der Waals surface area contributed by atoms with Crippen molar-refractivity contribution >= 4 is 33.8 Å². The second-order valence-electron chi connectivity index (χ2n) is 5.40. The molecule has 3 aromatic rings. The largest absolute Gasteiger partial charge is 0.493 e. The number of aliphatic imine (C=N–C) groups is 1. The summed E-state index contributed by atoms with van der Waals surface area (Å²) < 4.78 is 11.8. The van der Waals surface area contributed by atoms with Gasteiger partial charge in [-0.3, -0.25) is 4.99 Å². The van der Waals surface area contributed by atoms with Gasteiger partial charge in [-0.15, -0.1) is 0 Å². The summed E-state index contributed by atoms with van der Waals surface area (Å²) in [7, 11) is 1.53. The van der Waals surface area contributed by atoms with Crippen LogP contribution in [0.3, 0.4) is 0 Å². The molecule has 0 aliphatic heterocycles. The fourth-order valence-electron chi connectivity index (χ4n) is 2.26. The Morgan fingerprint density at radius 3 is 2.38 bits per heavy atom. The van der Waals surface area contributed by atoms with Gasteiger partial charge in [-0.2, -0.15) is 0 Å². The minimum atomic E-state index is -0.430. The Kier molecular flexibility index (Phi) is 5.81. The van der Waals surface area contributed by atoms with Gasteiger partial charge in [0.2, 0.25) is 0 Å². The number of hydrogen-bond donors (Lipinski definition) is 0. The summed E-state index contributed by atoms with van der Waals surface area (Å²) in [4.78, 5) is 16.6. The van der Waals surface area contributed by atoms with Crippen LogP contribution in [0.15, 0.2) is 82.3 Å². The second-order valence-corrected chi connectivity index (χ2v) is 6.32. The van der Waals surface area contributed by atoms with Crippen LogP contribution in [-0.4, -0.2) is 19.3 Å². The lowest BCUT2D eigenvalue weighted by molar-refractivity contribution is 0.0729. The summed E-state index contributed by atoms with van der Waals surface area (Å²) in [5, 5.41) is 0. The van der Waals surface area contributed by atoms with Gasteiger partial charge in [0.15, 0.2) is 11.5 Å². The number of carbonyl (C=O) groups is 1. The van der Waals surface area contributed by atoms with Gasteiger partial charge >= 0.3 is 5.97 Å². The first-order valence-electron chi connectivity index (χ1n) is 7.90. The van der Waals surface area contributed by atoms with Crippen LogP contribution >= 0.6 is 15.9 Å². The smallest absolute Gasteiger partial charge is 0.343 e. The van der Waals surface area contributed by atoms with Gasteiger partial charge in [0.1, 0.15) is 0 Å². The lowest BCUT2D eigenvalue weighted by Crippen LogP contribution is -2.09. The van der Waals surface area contributed by atoms with E-state index in [1.807, 2.05) is 36.4 Å². The fraction of sp³-hybridized carbons (Fsp3) is 0.0476. The maximum atomic E-state index is 12.2. The van der Waals surface area contributed by atoms with Crippen LogP contribution in [-0.2, 0) is 0 Å². The Bertz CT molecular complexity index is 922. The van der Waals surface area contributed by atoms with Crippen LogP contribution in [0.1, 0.15) is 15.9 Å². The first kappa shape index (κ1) is 17.9. The van der Waals surface area contributed by atoms with Crippen LogP contribution in [0, 0.1) is 0 Å². The minimum absolute atomic E-state index is 0.363. The molecule has 26 heavy (non-hydrogen) atoms. The summed E-state index contributed by atoms with van der Waals surface area (Å²) in [6.07, 6.45) is 1.73. The number of rotatable bonds is 5. The van der Waals surface area contributed by atoms with E-state index < -0.39 is 5.97 Å². The van der Waals surface area contributed by atoms with Crippen LogP contribution in [0.25, 0.3) is 0 Å². The maximum Gasteiger partial charge on any atom is 0.343 e. The summed E-state index contributed by atoms with van der Waals surface area (Å²) in [6, 6.07) is 21.8. The summed E-state index contributed by atoms with van der Waals surface area (Å²) in [5.41, 5.74) is 2.16. The van der Waals surface area contributed by atoms with Gasteiger partial charge < -0.3 is 9.47 Å². The van der Waals surface area contributed by atoms with E-state index in [1.165, 1.54) is 7.11 Å². The molecule has 0 saturated heterocycles. The Morgan fingerprint density at radius 1 is 0.962 bits per heavy atom. The normalized spacial score (nSPS) is 10.7. The number of methoxy groups -OCH3 is 1. The predicted octanol–water partition coefficient (Wildman–Crippen LogP) is 5.43. The molecule has 0 unspecified atom stereocenters. The van der Waals surface area contributed by atoms with Crippen molar-refractivity contribution in [2.24, 2.45) is 4.99 Å². The van der Waals surface area contributed by atoms with E-state index in [9.17, 15) is 4.79 Å². The molecule has 0 spiro atoms. The van der Waals surface area contributed by atoms with E-state index in [2.05, 4.69) is 20.9 Å². The van der Waals surface area contributed by atoms with Crippen molar-refractivity contribution in [3.05, 3.63) is 88.4 Å². The molecule has 130 valence electrons. The van der Waals surface area contributed by atoms with Gasteiger partial charge in [-0.25, -0.2) is 4.79 Å². The van der Waals surface area contributed by atoms with Gasteiger partial charge in [-0.1, -0.05) is 34.1 Å². The van der Waals surface area contributed by atoms with Crippen LogP contribution < -0.4 is 9.47 Å². The van der Waals surface area contributed by atoms with E-state index in [0.717, 1.165) is 15.7 Å². The highest BCUT2D eigenvalue weighted by Crippen LogP contribution is 2.28. The lowest BCUT2D eigenvalue weighted by atomic mass is 10.2. The van der Waals surface area contributed by atoms with Crippen molar-refractivity contribution in [2.75, 3.05) is 7.11 Å². The molecular formula is C21H16BrNO3. The molecule has 0 aliphatic rings. The van der Waals surface area contributed by atoms with Gasteiger partial charge in [0.25, 0.3) is 0 Å². The topological polar surface area (TPSA) is 47.9 Å². The second kappa shape index (κ2) is 8.45. The summed E-state index contributed by atoms with van der Waals surface area (Å²) in [5.74, 6) is 0.399. The standard InChI is InChI=1S/C21H16BrNO3/c1-25-20-13-15(14-23-18-10-8-17(22)9-11-18)7-12-19(20)26-21(24)16-5-3-2-4-6-16/h2-14H,1H3. The number of benzene rings is 3. The molecule has 0 aromatic heterocycles. The SMILES string of the molecule is COc1cc(C=Nc2ccc(Br)cc2)ccc1OC(=O)c1ccccc1. The Balaban J connectivity index is 1.77. The first-order chi connectivity index (χ1) is 12.7. The highest BCUT2D eigenvalue weighted by molar-refractivity contribution is 9.10. The molecule has 0 heterocycles. The first-order valence-corrected chi connectivity index (χ1v) is 8.70. The van der Waals surface area contributed by atoms with Gasteiger partial charge in [0, 0.05) is 10.7 Å². The number of esters is 1. The third kappa shape index (κ3) is 4.58. The number of ether oxygens (including phenoxy) is 2. The van der Waals surface area contributed by atoms with Crippen molar-refractivity contribution in [3.8, 4) is 11.5 Å². The average Bonchev–Trinajstić information content (AvgIpc) is 2.69. The zero-order chi connectivity index (χ0) is 18.4. The molecular weight excluding hydrogens is 394 g/mol. The Labute approximate surface area is 160 Å². The van der Waals surface area contributed by atoms with Gasteiger partial charge in [-0.05, 0) is 60.2 Å². The van der Waals surface area contributed by atoms with Crippen molar-refractivity contribution in [3.63, 3.8) is 0 Å². The van der Waals surface area contributed by atoms with Crippen molar-refractivity contribution in [1.82, 2.24) is 0 Å². The molecule has 0 saturated carbocycles. The predicted molar refractivity (Wildman–Crippen MR) is 106 cm³/mol. The zero-order valence-corrected chi connectivity index (χ0v) is 15.6. The summed E-state index contributed by atoms with van der Waals surface area (Å²) in [6.45, 7) is 0. The molecule has 0 radical (unpaired) electrons. The fourth-order valence-corrected chi connectivity index (χ4v) is 2.52. The average molecular weight is 410 g/mol. The molecule has 0 fully saturated rings. The molecule has 0 atom stereocenters. The quantitative estimate of drug-likeness (QED) is 0.320. The van der Waals surface area contributed by atoms with Gasteiger partial charge in [0.05, 0.1) is 18.4 Å². The third-order valence-corrected chi connectivity index (χ3v) is 4.12. The molecule has 0 N–H and O–H groups in total. The van der Waals surface area contributed by atoms with Crippen molar-refractivity contribution in [1.29, 1.82) is 0 Å². The molecule has 5 heteroatoms. The van der Waals surface area contributed by atoms with Crippen LogP contribution in [0.5, 0.6) is 11.5 Å². The molecule has 3 aromatic carbocycles. The number of halogens is 1. The van der Waals surface area contributed by atoms with E-state index in [0.29, 0.717) is 17.1 Å². The molecule has 4 nitrogen and oxygen atoms in total. The van der Waals surface area contributed by atoms with Crippen molar-refractivity contribution < 1.29 is 14.3 Å². The van der Waals surface area contributed by atoms with Crippen molar-refractivity contribution in [2.45, 2.75) is 0 Å². The number of carbonyl (C=O) groups excluding carboxylic acids is 1. The maximum absolute atomic E-state index is 12.2. The third-order valence-electron chi connectivity index (χ3n) is 3.59. The molecule has 0 aliphatic carbocycles. The molecule has 3 rings (SSSR count). The Morgan fingerprint density at radius 2 is 1.69 bits per heavy atom. The van der Waals surface area contributed by atoms with E-state index >= 15 is 0 Å². The molecule has 0 bridgehead atoms. The summed E-state index contributed by atoms with van der Waals surface area (Å²) >= 11 is 3.39. The highest BCUT2D eigenvalue weighted by atomic mass is 79.9. The number of hydrogen-bond acceptors (Lipinski definition) is 4. The zero-order valence-electron chi connectivity index (χ0n) is 14.1. The molecule has 0 amide bonds. The highest BCUT2D eigenvalue weighted by Gasteiger charge is 2.12.